The van der Waals surface area contributed by atoms with Crippen molar-refractivity contribution in [1.29, 1.82) is 0 Å². The van der Waals surface area contributed by atoms with E-state index in [1.807, 2.05) is 0 Å². The minimum absolute atomic E-state index is 0.254. The van der Waals surface area contributed by atoms with Gasteiger partial charge >= 0.3 is 0 Å². The van der Waals surface area contributed by atoms with Crippen LogP contribution in [0.2, 0.25) is 0 Å². The van der Waals surface area contributed by atoms with Crippen molar-refractivity contribution in [3.8, 4) is 0 Å². The standard InChI is InChI=1S/C41H77NO18/c1-3-5-7-9-11-12-13-15-17-19-29(47)42-24(25(46)18-16-14-10-8-6-4-2)23-55-39-35(53)32(50)37(27(21-44)57-39)60-41-36(54)33(51)38(28(22-45)58-41)59-40-34(52)31(49)30(48)26(20-43)56-40/h24-28,30-41,43-46,48-54H,3-23H2,1-2H3,(H,42,47). The van der Waals surface area contributed by atoms with Gasteiger partial charge in [-0.1, -0.05) is 104 Å². The summed E-state index contributed by atoms with van der Waals surface area (Å²) >= 11 is 0. The van der Waals surface area contributed by atoms with Crippen LogP contribution in [-0.4, -0.2) is 193 Å². The van der Waals surface area contributed by atoms with E-state index < -0.39 is 124 Å². The van der Waals surface area contributed by atoms with E-state index in [-0.39, 0.29) is 18.9 Å². The summed E-state index contributed by atoms with van der Waals surface area (Å²) in [5, 5.41) is 119. The Labute approximate surface area is 353 Å². The van der Waals surface area contributed by atoms with Gasteiger partial charge in [0.25, 0.3) is 0 Å². The summed E-state index contributed by atoms with van der Waals surface area (Å²) in [6.45, 7) is 1.62. The number of carbonyl (C=O) groups is 1. The topological polar surface area (TPSA) is 307 Å². The minimum atomic E-state index is -1.96. The van der Waals surface area contributed by atoms with Crippen molar-refractivity contribution < 1.29 is 89.4 Å². The van der Waals surface area contributed by atoms with Gasteiger partial charge in [0.05, 0.1) is 38.6 Å². The van der Waals surface area contributed by atoms with Crippen LogP contribution in [0.15, 0.2) is 0 Å². The molecule has 17 unspecified atom stereocenters. The van der Waals surface area contributed by atoms with E-state index in [9.17, 15) is 61.0 Å². The molecule has 354 valence electrons. The first-order chi connectivity index (χ1) is 28.8. The van der Waals surface area contributed by atoms with Crippen molar-refractivity contribution in [3.05, 3.63) is 0 Å². The number of nitrogens with one attached hydrogen (secondary N) is 1. The predicted molar refractivity (Wildman–Crippen MR) is 213 cm³/mol. The molecule has 3 rings (SSSR count). The monoisotopic (exact) mass is 872 g/mol. The molecule has 0 aromatic heterocycles. The Kier molecular flexibility index (Phi) is 25.3. The highest BCUT2D eigenvalue weighted by atomic mass is 16.8. The largest absolute Gasteiger partial charge is 0.394 e. The quantitative estimate of drug-likeness (QED) is 0.0400. The van der Waals surface area contributed by atoms with Crippen molar-refractivity contribution in [1.82, 2.24) is 5.32 Å². The van der Waals surface area contributed by atoms with Gasteiger partial charge in [-0.3, -0.25) is 4.79 Å². The molecular formula is C41H77NO18. The average molecular weight is 872 g/mol. The van der Waals surface area contributed by atoms with Gasteiger partial charge in [0.15, 0.2) is 18.9 Å². The summed E-state index contributed by atoms with van der Waals surface area (Å²) in [7, 11) is 0. The summed E-state index contributed by atoms with van der Waals surface area (Å²) in [4.78, 5) is 13.0. The Bertz CT molecular complexity index is 1140. The molecule has 0 radical (unpaired) electrons. The van der Waals surface area contributed by atoms with Crippen LogP contribution in [0.5, 0.6) is 0 Å². The number of rotatable bonds is 29. The first-order valence-electron chi connectivity index (χ1n) is 22.3. The number of ether oxygens (including phenoxy) is 6. The molecule has 12 N–H and O–H groups in total. The average Bonchev–Trinajstić information content (AvgIpc) is 3.24. The highest BCUT2D eigenvalue weighted by Crippen LogP contribution is 2.33. The molecule has 1 amide bonds. The first-order valence-corrected chi connectivity index (χ1v) is 22.3. The molecule has 0 saturated carbocycles. The van der Waals surface area contributed by atoms with E-state index >= 15 is 0 Å². The lowest BCUT2D eigenvalue weighted by Gasteiger charge is -2.48. The summed E-state index contributed by atoms with van der Waals surface area (Å²) < 4.78 is 33.9. The van der Waals surface area contributed by atoms with Gasteiger partial charge in [0, 0.05) is 6.42 Å². The SMILES string of the molecule is CCCCCCCCCCCC(=O)NC(COC1OC(CO)C(OC2OC(CO)C(OC3OC(CO)C(O)C(O)C3O)C(O)C2O)C(O)C1O)C(O)CCCCCCCC. The van der Waals surface area contributed by atoms with Crippen LogP contribution in [-0.2, 0) is 33.2 Å². The molecule has 3 saturated heterocycles. The predicted octanol–water partition coefficient (Wildman–Crippen LogP) is -1.03. The van der Waals surface area contributed by atoms with Gasteiger partial charge in [-0.05, 0) is 12.8 Å². The van der Waals surface area contributed by atoms with Crippen LogP contribution >= 0.6 is 0 Å². The molecule has 19 heteroatoms. The second-order valence-electron chi connectivity index (χ2n) is 16.5. The third-order valence-corrected chi connectivity index (χ3v) is 11.7. The fourth-order valence-electron chi connectivity index (χ4n) is 7.84. The second kappa shape index (κ2) is 28.6. The number of hydrogen-bond acceptors (Lipinski definition) is 18. The van der Waals surface area contributed by atoms with E-state index in [1.165, 1.54) is 32.1 Å². The molecule has 17 atom stereocenters. The lowest BCUT2D eigenvalue weighted by Crippen LogP contribution is -2.66. The van der Waals surface area contributed by atoms with Gasteiger partial charge in [0.1, 0.15) is 73.2 Å². The van der Waals surface area contributed by atoms with E-state index in [1.54, 1.807) is 0 Å². The van der Waals surface area contributed by atoms with E-state index in [0.717, 1.165) is 57.8 Å². The first kappa shape index (κ1) is 53.1. The summed E-state index contributed by atoms with van der Waals surface area (Å²) in [6, 6.07) is -0.873. The molecule has 0 spiro atoms. The molecule has 3 heterocycles. The highest BCUT2D eigenvalue weighted by molar-refractivity contribution is 5.76. The van der Waals surface area contributed by atoms with Crippen molar-refractivity contribution in [2.24, 2.45) is 0 Å². The maximum Gasteiger partial charge on any atom is 0.220 e. The van der Waals surface area contributed by atoms with Crippen LogP contribution in [0.4, 0.5) is 0 Å². The number of carbonyl (C=O) groups excluding carboxylic acids is 1. The van der Waals surface area contributed by atoms with Crippen LogP contribution < -0.4 is 5.32 Å². The van der Waals surface area contributed by atoms with Crippen molar-refractivity contribution >= 4 is 5.91 Å². The number of unbranched alkanes of at least 4 members (excludes halogenated alkanes) is 13. The van der Waals surface area contributed by atoms with Gasteiger partial charge < -0.3 is 89.9 Å². The molecule has 60 heavy (non-hydrogen) atoms. The Balaban J connectivity index is 1.59. The van der Waals surface area contributed by atoms with E-state index in [4.69, 9.17) is 28.4 Å². The van der Waals surface area contributed by atoms with Crippen molar-refractivity contribution in [2.75, 3.05) is 26.4 Å². The minimum Gasteiger partial charge on any atom is -0.394 e. The van der Waals surface area contributed by atoms with Gasteiger partial charge in [-0.15, -0.1) is 0 Å². The van der Waals surface area contributed by atoms with Gasteiger partial charge in [-0.25, -0.2) is 0 Å². The highest BCUT2D eigenvalue weighted by Gasteiger charge is 2.53. The Morgan fingerprint density at radius 1 is 0.533 bits per heavy atom. The van der Waals surface area contributed by atoms with Crippen LogP contribution in [0, 0.1) is 0 Å². The lowest BCUT2D eigenvalue weighted by molar-refractivity contribution is -0.379. The maximum absolute atomic E-state index is 13.0. The van der Waals surface area contributed by atoms with E-state index in [2.05, 4.69) is 19.2 Å². The van der Waals surface area contributed by atoms with E-state index in [0.29, 0.717) is 12.8 Å². The summed E-state index contributed by atoms with van der Waals surface area (Å²) in [6.07, 6.45) is -9.91. The Morgan fingerprint density at radius 3 is 1.45 bits per heavy atom. The van der Waals surface area contributed by atoms with Gasteiger partial charge in [-0.2, -0.15) is 0 Å². The molecule has 0 bridgehead atoms. The fraction of sp³-hybridized carbons (Fsp3) is 0.976. The molecule has 0 aromatic carbocycles. The molecule has 0 aromatic rings. The molecule has 3 aliphatic heterocycles. The summed E-state index contributed by atoms with van der Waals surface area (Å²) in [5.74, 6) is -0.254. The Morgan fingerprint density at radius 2 is 0.950 bits per heavy atom. The van der Waals surface area contributed by atoms with Crippen LogP contribution in [0.1, 0.15) is 123 Å². The number of aliphatic hydroxyl groups is 11. The van der Waals surface area contributed by atoms with Crippen LogP contribution in [0.25, 0.3) is 0 Å². The third kappa shape index (κ3) is 16.1. The van der Waals surface area contributed by atoms with Crippen molar-refractivity contribution in [3.63, 3.8) is 0 Å². The number of aliphatic hydroxyl groups excluding tert-OH is 11. The normalized spacial score (nSPS) is 35.9. The molecule has 3 aliphatic rings. The van der Waals surface area contributed by atoms with Gasteiger partial charge in [0.2, 0.25) is 5.91 Å². The fourth-order valence-corrected chi connectivity index (χ4v) is 7.84. The third-order valence-electron chi connectivity index (χ3n) is 11.7. The lowest BCUT2D eigenvalue weighted by atomic mass is 9.96. The Hall–Kier alpha value is -1.21. The molecule has 19 nitrogen and oxygen atoms in total. The van der Waals surface area contributed by atoms with Crippen molar-refractivity contribution in [2.45, 2.75) is 227 Å². The summed E-state index contributed by atoms with van der Waals surface area (Å²) in [5.41, 5.74) is 0. The zero-order chi connectivity index (χ0) is 44.2. The smallest absolute Gasteiger partial charge is 0.220 e. The second-order valence-corrected chi connectivity index (χ2v) is 16.5. The zero-order valence-electron chi connectivity index (χ0n) is 35.4. The molecule has 3 fully saturated rings. The van der Waals surface area contributed by atoms with Crippen LogP contribution in [0.3, 0.4) is 0 Å². The zero-order valence-corrected chi connectivity index (χ0v) is 35.4. The number of hydrogen-bond donors (Lipinski definition) is 12. The maximum atomic E-state index is 13.0. The molecular weight excluding hydrogens is 794 g/mol. The molecule has 0 aliphatic carbocycles. The number of amides is 1.